The molecule has 0 bridgehead atoms. The Morgan fingerprint density at radius 1 is 1.00 bits per heavy atom. The summed E-state index contributed by atoms with van der Waals surface area (Å²) in [6.07, 6.45) is 1.77. The maximum Gasteiger partial charge on any atom is 0.205 e. The highest BCUT2D eigenvalue weighted by Gasteiger charge is 2.21. The highest BCUT2D eigenvalue weighted by atomic mass is 79.9. The molecule has 3 aromatic rings. The molecule has 2 aromatic heterocycles. The van der Waals surface area contributed by atoms with Crippen molar-refractivity contribution in [1.82, 2.24) is 19.7 Å². The fourth-order valence-corrected chi connectivity index (χ4v) is 2.73. The smallest absolute Gasteiger partial charge is 0.205 e. The van der Waals surface area contributed by atoms with Crippen LogP contribution in [-0.2, 0) is 0 Å². The third kappa shape index (κ3) is 2.79. The van der Waals surface area contributed by atoms with Crippen molar-refractivity contribution in [1.29, 1.82) is 0 Å². The summed E-state index contributed by atoms with van der Waals surface area (Å²) in [6.45, 7) is 1.94. The number of pyridine rings is 1. The van der Waals surface area contributed by atoms with Gasteiger partial charge in [0.15, 0.2) is 5.82 Å². The van der Waals surface area contributed by atoms with Gasteiger partial charge in [-0.25, -0.2) is 0 Å². The molecule has 0 saturated heterocycles. The Kier molecular flexibility index (Phi) is 4.29. The minimum Gasteiger partial charge on any atom is -0.494 e. The Morgan fingerprint density at radius 2 is 1.70 bits per heavy atom. The van der Waals surface area contributed by atoms with Crippen molar-refractivity contribution in [2.75, 3.05) is 14.2 Å². The summed E-state index contributed by atoms with van der Waals surface area (Å²) in [7, 11) is 3.23. The second-order valence-corrected chi connectivity index (χ2v) is 5.54. The zero-order chi connectivity index (χ0) is 16.4. The Balaban J connectivity index is 2.26. The van der Waals surface area contributed by atoms with Gasteiger partial charge in [-0.3, -0.25) is 9.55 Å². The summed E-state index contributed by atoms with van der Waals surface area (Å²) in [5, 5.41) is 8.39. The van der Waals surface area contributed by atoms with E-state index in [1.54, 1.807) is 20.4 Å². The lowest BCUT2D eigenvalue weighted by atomic mass is 10.2. The molecule has 0 saturated carbocycles. The van der Waals surface area contributed by atoms with Crippen molar-refractivity contribution in [3.8, 4) is 28.6 Å². The predicted molar refractivity (Wildman–Crippen MR) is 90.1 cm³/mol. The molecular weight excluding hydrogens is 360 g/mol. The largest absolute Gasteiger partial charge is 0.494 e. The highest BCUT2D eigenvalue weighted by molar-refractivity contribution is 9.10. The lowest BCUT2D eigenvalue weighted by Gasteiger charge is -2.15. The standard InChI is InChI=1S/C16H15BrN4O2/c1-10-7-8-11(9-18-10)15-19-20-16(17)21(15)14-12(22-2)5-4-6-13(14)23-3/h4-9H,1-3H3. The second-order valence-electron chi connectivity index (χ2n) is 4.83. The molecule has 0 spiro atoms. The summed E-state index contributed by atoms with van der Waals surface area (Å²) in [4.78, 5) is 4.33. The second kappa shape index (κ2) is 6.37. The minimum atomic E-state index is 0.552. The van der Waals surface area contributed by atoms with E-state index >= 15 is 0 Å². The van der Waals surface area contributed by atoms with Gasteiger partial charge in [-0.2, -0.15) is 0 Å². The first-order valence-corrected chi connectivity index (χ1v) is 7.70. The number of ether oxygens (including phenoxy) is 2. The lowest BCUT2D eigenvalue weighted by molar-refractivity contribution is 0.391. The van der Waals surface area contributed by atoms with E-state index in [1.807, 2.05) is 41.8 Å². The summed E-state index contributed by atoms with van der Waals surface area (Å²) < 4.78 is 13.4. The minimum absolute atomic E-state index is 0.552. The Hall–Kier alpha value is -2.41. The van der Waals surface area contributed by atoms with Gasteiger partial charge in [0.05, 0.1) is 14.2 Å². The normalized spacial score (nSPS) is 10.6. The van der Waals surface area contributed by atoms with Gasteiger partial charge in [0.1, 0.15) is 17.2 Å². The number of methoxy groups -OCH3 is 2. The molecule has 0 fully saturated rings. The van der Waals surface area contributed by atoms with E-state index in [4.69, 9.17) is 9.47 Å². The molecule has 0 amide bonds. The predicted octanol–water partition coefficient (Wildman–Crippen LogP) is 3.42. The molecule has 0 aliphatic heterocycles. The summed E-state index contributed by atoms with van der Waals surface area (Å²) in [5.41, 5.74) is 2.51. The number of nitrogens with zero attached hydrogens (tertiary/aromatic N) is 4. The number of hydrogen-bond acceptors (Lipinski definition) is 5. The van der Waals surface area contributed by atoms with Crippen LogP contribution < -0.4 is 9.47 Å². The maximum atomic E-state index is 5.48. The first-order chi connectivity index (χ1) is 11.2. The lowest BCUT2D eigenvalue weighted by Crippen LogP contribution is -2.04. The van der Waals surface area contributed by atoms with Crippen molar-refractivity contribution in [2.45, 2.75) is 6.92 Å². The first kappa shape index (κ1) is 15.5. The van der Waals surface area contributed by atoms with Gasteiger partial charge in [0, 0.05) is 17.5 Å². The van der Waals surface area contributed by atoms with Gasteiger partial charge in [-0.15, -0.1) is 10.2 Å². The molecule has 118 valence electrons. The van der Waals surface area contributed by atoms with E-state index in [1.165, 1.54) is 0 Å². The number of para-hydroxylation sites is 1. The molecule has 1 aromatic carbocycles. The van der Waals surface area contributed by atoms with E-state index in [0.29, 0.717) is 22.1 Å². The van der Waals surface area contributed by atoms with Crippen LogP contribution in [0.25, 0.3) is 17.1 Å². The zero-order valence-corrected chi connectivity index (χ0v) is 14.5. The van der Waals surface area contributed by atoms with E-state index < -0.39 is 0 Å². The van der Waals surface area contributed by atoms with Crippen molar-refractivity contribution < 1.29 is 9.47 Å². The van der Waals surface area contributed by atoms with E-state index in [2.05, 4.69) is 31.1 Å². The van der Waals surface area contributed by atoms with Crippen LogP contribution in [0.1, 0.15) is 5.69 Å². The molecule has 0 aliphatic carbocycles. The van der Waals surface area contributed by atoms with Gasteiger partial charge in [0.2, 0.25) is 4.73 Å². The van der Waals surface area contributed by atoms with Crippen LogP contribution >= 0.6 is 15.9 Å². The molecule has 2 heterocycles. The number of halogens is 1. The Labute approximate surface area is 142 Å². The summed E-state index contributed by atoms with van der Waals surface area (Å²) in [6, 6.07) is 9.48. The van der Waals surface area contributed by atoms with Crippen LogP contribution in [0.3, 0.4) is 0 Å². The summed E-state index contributed by atoms with van der Waals surface area (Å²) in [5.74, 6) is 1.96. The Morgan fingerprint density at radius 3 is 2.26 bits per heavy atom. The average Bonchev–Trinajstić information content (AvgIpc) is 2.96. The Bertz CT molecular complexity index is 808. The zero-order valence-electron chi connectivity index (χ0n) is 12.9. The fraction of sp³-hybridized carbons (Fsp3) is 0.188. The maximum absolute atomic E-state index is 5.48. The van der Waals surface area contributed by atoms with Gasteiger partial charge >= 0.3 is 0 Å². The fourth-order valence-electron chi connectivity index (χ4n) is 2.30. The van der Waals surface area contributed by atoms with Gasteiger partial charge in [-0.1, -0.05) is 6.07 Å². The molecule has 0 unspecified atom stereocenters. The average molecular weight is 375 g/mol. The third-order valence-electron chi connectivity index (χ3n) is 3.42. The van der Waals surface area contributed by atoms with Crippen LogP contribution in [-0.4, -0.2) is 34.0 Å². The van der Waals surface area contributed by atoms with Crippen molar-refractivity contribution in [3.05, 3.63) is 47.0 Å². The van der Waals surface area contributed by atoms with Crippen molar-refractivity contribution >= 4 is 15.9 Å². The van der Waals surface area contributed by atoms with Crippen LogP contribution in [0.2, 0.25) is 0 Å². The van der Waals surface area contributed by atoms with Crippen molar-refractivity contribution in [2.24, 2.45) is 0 Å². The van der Waals surface area contributed by atoms with Crippen LogP contribution in [0.4, 0.5) is 0 Å². The van der Waals surface area contributed by atoms with E-state index in [-0.39, 0.29) is 0 Å². The molecule has 6 nitrogen and oxygen atoms in total. The molecule has 7 heteroatoms. The van der Waals surface area contributed by atoms with Gasteiger partial charge in [0.25, 0.3) is 0 Å². The number of rotatable bonds is 4. The number of aromatic nitrogens is 4. The molecular formula is C16H15BrN4O2. The first-order valence-electron chi connectivity index (χ1n) is 6.91. The molecule has 0 atom stereocenters. The number of benzene rings is 1. The van der Waals surface area contributed by atoms with Gasteiger partial charge < -0.3 is 9.47 Å². The summed E-state index contributed by atoms with van der Waals surface area (Å²) >= 11 is 3.45. The molecule has 0 radical (unpaired) electrons. The number of hydrogen-bond donors (Lipinski definition) is 0. The van der Waals surface area contributed by atoms with Crippen LogP contribution in [0.15, 0.2) is 41.3 Å². The van der Waals surface area contributed by atoms with Gasteiger partial charge in [-0.05, 0) is 47.1 Å². The van der Waals surface area contributed by atoms with Crippen LogP contribution in [0.5, 0.6) is 11.5 Å². The molecule has 3 rings (SSSR count). The van der Waals surface area contributed by atoms with Crippen molar-refractivity contribution in [3.63, 3.8) is 0 Å². The molecule has 0 N–H and O–H groups in total. The quantitative estimate of drug-likeness (QED) is 0.699. The highest BCUT2D eigenvalue weighted by Crippen LogP contribution is 2.37. The topological polar surface area (TPSA) is 62.1 Å². The number of aryl methyl sites for hydroxylation is 1. The van der Waals surface area contributed by atoms with E-state index in [9.17, 15) is 0 Å². The van der Waals surface area contributed by atoms with Crippen LogP contribution in [0, 0.1) is 6.92 Å². The monoisotopic (exact) mass is 374 g/mol. The SMILES string of the molecule is COc1cccc(OC)c1-n1c(Br)nnc1-c1ccc(C)nc1. The van der Waals surface area contributed by atoms with E-state index in [0.717, 1.165) is 16.9 Å². The molecule has 0 aliphatic rings. The third-order valence-corrected chi connectivity index (χ3v) is 3.93. The molecule has 23 heavy (non-hydrogen) atoms.